The minimum atomic E-state index is -4.33. The van der Waals surface area contributed by atoms with Crippen LogP contribution in [0.1, 0.15) is 25.3 Å². The first-order valence-electron chi connectivity index (χ1n) is 10.1. The maximum absolute atomic E-state index is 13.3. The molecular weight excluding hydrogens is 468 g/mol. The molecule has 2 aromatic carbocycles. The fraction of sp³-hybridized carbons (Fsp3) is 0.286. The summed E-state index contributed by atoms with van der Waals surface area (Å²) in [5.41, 5.74) is 13.9. The molecule has 178 valence electrons. The van der Waals surface area contributed by atoms with Gasteiger partial charge in [-0.1, -0.05) is 59.7 Å². The molecule has 0 saturated heterocycles. The fourth-order valence-corrected chi connectivity index (χ4v) is 4.70. The zero-order chi connectivity index (χ0) is 24.6. The zero-order valence-electron chi connectivity index (χ0n) is 18.0. The van der Waals surface area contributed by atoms with Crippen molar-refractivity contribution >= 4 is 39.4 Å². The number of primary amides is 1. The quantitative estimate of drug-likeness (QED) is 0.178. The van der Waals surface area contributed by atoms with Crippen molar-refractivity contribution in [3.63, 3.8) is 0 Å². The lowest BCUT2D eigenvalue weighted by molar-refractivity contribution is -0.130. The van der Waals surface area contributed by atoms with Crippen molar-refractivity contribution in [1.29, 1.82) is 5.41 Å². The maximum Gasteiger partial charge on any atom is 0.260 e. The molecule has 0 spiro atoms. The number of sulfonamides is 1. The fourth-order valence-electron chi connectivity index (χ4n) is 3.11. The third-order valence-electron chi connectivity index (χ3n) is 4.69. The van der Waals surface area contributed by atoms with E-state index in [1.165, 1.54) is 24.3 Å². The number of amides is 2. The molecule has 2 rings (SSSR count). The third-order valence-corrected chi connectivity index (χ3v) is 6.68. The van der Waals surface area contributed by atoms with E-state index in [0.29, 0.717) is 15.9 Å². The van der Waals surface area contributed by atoms with Gasteiger partial charge < -0.3 is 16.8 Å². The molecule has 0 aromatic heterocycles. The first-order valence-corrected chi connectivity index (χ1v) is 11.9. The van der Waals surface area contributed by atoms with Gasteiger partial charge in [-0.05, 0) is 36.2 Å². The number of halogens is 1. The van der Waals surface area contributed by atoms with Crippen LogP contribution in [0.4, 0.5) is 0 Å². The summed E-state index contributed by atoms with van der Waals surface area (Å²) in [7, 11) is -4.33. The second kappa shape index (κ2) is 11.6. The highest BCUT2D eigenvalue weighted by Gasteiger charge is 2.37. The standard InChI is InChI=1S/C21H27ClN6O4S/c1-2-6-18(20(30)26-17(19(23)29)13-14-7-4-3-5-8-14)28(27-21(24)25)33(31,32)16-11-9-15(22)10-12-16/h3-5,7-12,17-18H,2,6,13H2,1H3,(H2,23,29)(H,26,30)(H4,24,25,27)/t17-,18-/m0/s1. The summed E-state index contributed by atoms with van der Waals surface area (Å²) in [6, 6.07) is 11.9. The Morgan fingerprint density at radius 1 is 1.09 bits per heavy atom. The first-order chi connectivity index (χ1) is 15.6. The van der Waals surface area contributed by atoms with E-state index in [1.807, 2.05) is 6.07 Å². The van der Waals surface area contributed by atoms with Crippen molar-refractivity contribution in [1.82, 2.24) is 15.2 Å². The predicted molar refractivity (Wildman–Crippen MR) is 125 cm³/mol. The van der Waals surface area contributed by atoms with E-state index in [9.17, 15) is 18.0 Å². The van der Waals surface area contributed by atoms with Crippen LogP contribution in [0.15, 0.2) is 59.5 Å². The number of carbonyl (C=O) groups excluding carboxylic acids is 2. The zero-order valence-corrected chi connectivity index (χ0v) is 19.6. The smallest absolute Gasteiger partial charge is 0.260 e. The molecule has 0 unspecified atom stereocenters. The summed E-state index contributed by atoms with van der Waals surface area (Å²) in [5.74, 6) is -2.21. The van der Waals surface area contributed by atoms with Crippen molar-refractivity contribution in [2.45, 2.75) is 43.2 Å². The summed E-state index contributed by atoms with van der Waals surface area (Å²) in [6.45, 7) is 1.76. The van der Waals surface area contributed by atoms with Crippen molar-refractivity contribution in [3.8, 4) is 0 Å². The van der Waals surface area contributed by atoms with E-state index in [0.717, 1.165) is 5.56 Å². The van der Waals surface area contributed by atoms with E-state index in [1.54, 1.807) is 31.2 Å². The second-order valence-electron chi connectivity index (χ2n) is 7.24. The van der Waals surface area contributed by atoms with Crippen LogP contribution in [-0.4, -0.2) is 42.7 Å². The van der Waals surface area contributed by atoms with Gasteiger partial charge in [0.1, 0.15) is 12.1 Å². The number of carbonyl (C=O) groups is 2. The van der Waals surface area contributed by atoms with Gasteiger partial charge in [-0.25, -0.2) is 8.42 Å². The number of hydrogen-bond acceptors (Lipinski definition) is 5. The Labute approximate surface area is 197 Å². The maximum atomic E-state index is 13.3. The van der Waals surface area contributed by atoms with Crippen molar-refractivity contribution in [2.75, 3.05) is 0 Å². The number of guanidine groups is 1. The van der Waals surface area contributed by atoms with E-state index in [2.05, 4.69) is 10.7 Å². The van der Waals surface area contributed by atoms with Crippen molar-refractivity contribution in [2.24, 2.45) is 11.5 Å². The topological polar surface area (TPSA) is 171 Å². The molecule has 0 saturated carbocycles. The summed E-state index contributed by atoms with van der Waals surface area (Å²) in [4.78, 5) is 25.0. The van der Waals surface area contributed by atoms with Gasteiger partial charge in [0.25, 0.3) is 10.0 Å². The number of nitrogens with two attached hydrogens (primary N) is 2. The number of benzene rings is 2. The number of nitrogens with one attached hydrogen (secondary N) is 3. The van der Waals surface area contributed by atoms with Crippen LogP contribution in [0.25, 0.3) is 0 Å². The van der Waals surface area contributed by atoms with Gasteiger partial charge >= 0.3 is 0 Å². The molecule has 2 aromatic rings. The Balaban J connectivity index is 2.38. The van der Waals surface area contributed by atoms with Crippen LogP contribution in [0.5, 0.6) is 0 Å². The number of hydrazine groups is 1. The van der Waals surface area contributed by atoms with Gasteiger partial charge in [-0.15, -0.1) is 0 Å². The van der Waals surface area contributed by atoms with Gasteiger partial charge in [0.2, 0.25) is 17.8 Å². The highest BCUT2D eigenvalue weighted by Crippen LogP contribution is 2.21. The third kappa shape index (κ3) is 7.17. The molecule has 10 nitrogen and oxygen atoms in total. The van der Waals surface area contributed by atoms with Crippen LogP contribution in [0, 0.1) is 5.41 Å². The van der Waals surface area contributed by atoms with Crippen LogP contribution >= 0.6 is 11.6 Å². The highest BCUT2D eigenvalue weighted by atomic mass is 35.5. The lowest BCUT2D eigenvalue weighted by Gasteiger charge is -2.31. The molecule has 0 fully saturated rings. The molecule has 2 amide bonds. The second-order valence-corrected chi connectivity index (χ2v) is 9.49. The van der Waals surface area contributed by atoms with Gasteiger partial charge in [-0.2, -0.15) is 0 Å². The summed E-state index contributed by atoms with van der Waals surface area (Å²) >= 11 is 5.86. The largest absolute Gasteiger partial charge is 0.369 e. The lowest BCUT2D eigenvalue weighted by Crippen LogP contribution is -2.60. The molecule has 0 heterocycles. The van der Waals surface area contributed by atoms with Gasteiger partial charge in [-0.3, -0.25) is 20.4 Å². The molecular formula is C21H27ClN6O4S. The van der Waals surface area contributed by atoms with Gasteiger partial charge in [0.15, 0.2) is 0 Å². The van der Waals surface area contributed by atoms with Crippen LogP contribution in [0.2, 0.25) is 5.02 Å². The van der Waals surface area contributed by atoms with Crippen molar-refractivity contribution in [3.05, 3.63) is 65.2 Å². The molecule has 0 aliphatic carbocycles. The molecule has 33 heavy (non-hydrogen) atoms. The van der Waals surface area contributed by atoms with Crippen LogP contribution in [0.3, 0.4) is 0 Å². The normalized spacial score (nSPS) is 13.2. The Morgan fingerprint density at radius 2 is 1.70 bits per heavy atom. The molecule has 12 heteroatoms. The summed E-state index contributed by atoms with van der Waals surface area (Å²) in [5, 5.41) is 10.4. The van der Waals surface area contributed by atoms with E-state index in [4.69, 9.17) is 28.5 Å². The van der Waals surface area contributed by atoms with Gasteiger partial charge in [0.05, 0.1) is 4.90 Å². The SMILES string of the molecule is CCC[C@@H](C(=O)N[C@@H](Cc1ccccc1)C(N)=O)N(NC(=N)N)S(=O)(=O)c1ccc(Cl)cc1. The van der Waals surface area contributed by atoms with E-state index >= 15 is 0 Å². The summed E-state index contributed by atoms with van der Waals surface area (Å²) in [6.07, 6.45) is 0.630. The number of rotatable bonds is 11. The summed E-state index contributed by atoms with van der Waals surface area (Å²) < 4.78 is 27.2. The number of nitrogens with zero attached hydrogens (tertiary/aromatic N) is 1. The predicted octanol–water partition coefficient (Wildman–Crippen LogP) is 1.11. The van der Waals surface area contributed by atoms with Crippen molar-refractivity contribution < 1.29 is 18.0 Å². The van der Waals surface area contributed by atoms with E-state index in [-0.39, 0.29) is 17.7 Å². The lowest BCUT2D eigenvalue weighted by atomic mass is 10.0. The average molecular weight is 495 g/mol. The molecule has 0 bridgehead atoms. The average Bonchev–Trinajstić information content (AvgIpc) is 2.76. The molecule has 0 aliphatic heterocycles. The van der Waals surface area contributed by atoms with Gasteiger partial charge in [0, 0.05) is 11.4 Å². The first kappa shape index (κ1) is 26.1. The molecule has 0 radical (unpaired) electrons. The number of hydrogen-bond donors (Lipinski definition) is 5. The molecule has 0 aliphatic rings. The van der Waals surface area contributed by atoms with Crippen LogP contribution in [-0.2, 0) is 26.0 Å². The Bertz CT molecular complexity index is 1080. The minimum absolute atomic E-state index is 0.0791. The Hall–Kier alpha value is -3.15. The molecule has 7 N–H and O–H groups in total. The molecule has 2 atom stereocenters. The monoisotopic (exact) mass is 494 g/mol. The Morgan fingerprint density at radius 3 is 2.21 bits per heavy atom. The minimum Gasteiger partial charge on any atom is -0.369 e. The highest BCUT2D eigenvalue weighted by molar-refractivity contribution is 7.89. The Kier molecular flexibility index (Phi) is 9.21. The van der Waals surface area contributed by atoms with E-state index < -0.39 is 39.9 Å². The van der Waals surface area contributed by atoms with Crippen LogP contribution < -0.4 is 22.2 Å².